The average Bonchev–Trinajstić information content (AvgIpc) is 2.20. The number of hydrogen-bond acceptors (Lipinski definition) is 4. The molecule has 0 aromatic heterocycles. The van der Waals surface area contributed by atoms with Gasteiger partial charge in [0.15, 0.2) is 0 Å². The minimum atomic E-state index is -0.304. The third-order valence-corrected chi connectivity index (χ3v) is 2.46. The first-order chi connectivity index (χ1) is 6.84. The highest BCUT2D eigenvalue weighted by atomic mass is 16.5. The average molecular weight is 204 g/mol. The van der Waals surface area contributed by atoms with Crippen LogP contribution < -0.4 is 0 Å². The summed E-state index contributed by atoms with van der Waals surface area (Å²) in [6.07, 6.45) is 3.72. The smallest absolute Gasteiger partial charge is 0.0835 e. The molecule has 1 fully saturated rings. The first kappa shape index (κ1) is 11.9. The molecule has 2 unspecified atom stereocenters. The molecule has 1 aliphatic rings. The highest BCUT2D eigenvalue weighted by Crippen LogP contribution is 2.20. The number of hydrogen-bond donors (Lipinski definition) is 2. The van der Waals surface area contributed by atoms with E-state index in [1.54, 1.807) is 0 Å². The normalized spacial score (nSPS) is 27.9. The van der Waals surface area contributed by atoms with Gasteiger partial charge in [-0.2, -0.15) is 0 Å². The van der Waals surface area contributed by atoms with Crippen LogP contribution in [-0.4, -0.2) is 48.8 Å². The second-order valence-corrected chi connectivity index (χ2v) is 3.60. The molecule has 0 bridgehead atoms. The first-order valence-corrected chi connectivity index (χ1v) is 5.33. The summed E-state index contributed by atoms with van der Waals surface area (Å²) in [7, 11) is 0. The Morgan fingerprint density at radius 1 is 1.07 bits per heavy atom. The second-order valence-electron chi connectivity index (χ2n) is 3.60. The number of ether oxygens (including phenoxy) is 2. The molecule has 0 heterocycles. The Morgan fingerprint density at radius 3 is 2.57 bits per heavy atom. The summed E-state index contributed by atoms with van der Waals surface area (Å²) in [6.45, 7) is 1.40. The van der Waals surface area contributed by atoms with Gasteiger partial charge in [-0.3, -0.25) is 0 Å². The molecule has 0 aromatic carbocycles. The molecule has 1 rings (SSSR count). The summed E-state index contributed by atoms with van der Waals surface area (Å²) in [5.74, 6) is 0. The largest absolute Gasteiger partial charge is 0.394 e. The van der Waals surface area contributed by atoms with Crippen LogP contribution in [0.2, 0.25) is 0 Å². The highest BCUT2D eigenvalue weighted by molar-refractivity contribution is 4.74. The van der Waals surface area contributed by atoms with Gasteiger partial charge in [0.05, 0.1) is 38.6 Å². The molecule has 0 radical (unpaired) electrons. The van der Waals surface area contributed by atoms with Gasteiger partial charge in [0.2, 0.25) is 0 Å². The number of aliphatic hydroxyl groups is 2. The van der Waals surface area contributed by atoms with Gasteiger partial charge in [-0.15, -0.1) is 0 Å². The molecule has 0 aromatic rings. The van der Waals surface area contributed by atoms with Gasteiger partial charge < -0.3 is 19.7 Å². The summed E-state index contributed by atoms with van der Waals surface area (Å²) in [6, 6.07) is 0. The van der Waals surface area contributed by atoms with Gasteiger partial charge >= 0.3 is 0 Å². The van der Waals surface area contributed by atoms with Crippen LogP contribution in [-0.2, 0) is 9.47 Å². The van der Waals surface area contributed by atoms with Crippen molar-refractivity contribution in [1.82, 2.24) is 0 Å². The predicted molar refractivity (Wildman–Crippen MR) is 52.1 cm³/mol. The molecule has 0 saturated heterocycles. The fourth-order valence-electron chi connectivity index (χ4n) is 1.70. The lowest BCUT2D eigenvalue weighted by Crippen LogP contribution is -2.33. The van der Waals surface area contributed by atoms with Crippen LogP contribution in [0.3, 0.4) is 0 Å². The molecule has 1 saturated carbocycles. The lowest BCUT2D eigenvalue weighted by molar-refractivity contribution is -0.0748. The summed E-state index contributed by atoms with van der Waals surface area (Å²) >= 11 is 0. The fourth-order valence-corrected chi connectivity index (χ4v) is 1.70. The molecule has 4 heteroatoms. The van der Waals surface area contributed by atoms with Crippen LogP contribution in [0.25, 0.3) is 0 Å². The summed E-state index contributed by atoms with van der Waals surface area (Å²) < 4.78 is 10.5. The van der Waals surface area contributed by atoms with Crippen molar-refractivity contribution >= 4 is 0 Å². The number of rotatable bonds is 6. The summed E-state index contributed by atoms with van der Waals surface area (Å²) in [5, 5.41) is 18.0. The molecule has 0 spiro atoms. The van der Waals surface area contributed by atoms with Crippen molar-refractivity contribution in [3.05, 3.63) is 0 Å². The van der Waals surface area contributed by atoms with Crippen molar-refractivity contribution < 1.29 is 19.7 Å². The lowest BCUT2D eigenvalue weighted by Gasteiger charge is -2.27. The third-order valence-electron chi connectivity index (χ3n) is 2.46. The minimum Gasteiger partial charge on any atom is -0.394 e. The Bertz CT molecular complexity index is 140. The van der Waals surface area contributed by atoms with Crippen LogP contribution in [0.15, 0.2) is 0 Å². The van der Waals surface area contributed by atoms with E-state index in [0.29, 0.717) is 19.8 Å². The first-order valence-electron chi connectivity index (χ1n) is 5.33. The molecule has 1 aliphatic carbocycles. The van der Waals surface area contributed by atoms with E-state index in [0.717, 1.165) is 25.7 Å². The zero-order valence-corrected chi connectivity index (χ0v) is 8.52. The van der Waals surface area contributed by atoms with Crippen LogP contribution in [0.1, 0.15) is 25.7 Å². The molecular formula is C10H20O4. The Labute approximate surface area is 84.8 Å². The molecule has 2 atom stereocenters. The molecule has 0 amide bonds. The van der Waals surface area contributed by atoms with E-state index < -0.39 is 0 Å². The summed E-state index contributed by atoms with van der Waals surface area (Å²) in [4.78, 5) is 0. The quantitative estimate of drug-likeness (QED) is 0.612. The molecule has 14 heavy (non-hydrogen) atoms. The van der Waals surface area contributed by atoms with Gasteiger partial charge in [0.1, 0.15) is 0 Å². The molecule has 84 valence electrons. The minimum absolute atomic E-state index is 0.0125. The van der Waals surface area contributed by atoms with Gasteiger partial charge in [-0.1, -0.05) is 12.8 Å². The Morgan fingerprint density at radius 2 is 1.86 bits per heavy atom. The van der Waals surface area contributed by atoms with E-state index in [9.17, 15) is 5.11 Å². The molecule has 2 N–H and O–H groups in total. The topological polar surface area (TPSA) is 58.9 Å². The summed E-state index contributed by atoms with van der Waals surface area (Å²) in [5.41, 5.74) is 0. The highest BCUT2D eigenvalue weighted by Gasteiger charge is 2.23. The SMILES string of the molecule is OCCOCCOC1CCCCC1O. The van der Waals surface area contributed by atoms with Crippen molar-refractivity contribution in [2.75, 3.05) is 26.4 Å². The molecular weight excluding hydrogens is 184 g/mol. The maximum absolute atomic E-state index is 9.57. The van der Waals surface area contributed by atoms with Crippen molar-refractivity contribution in [2.45, 2.75) is 37.9 Å². The second kappa shape index (κ2) is 7.17. The van der Waals surface area contributed by atoms with Crippen molar-refractivity contribution in [2.24, 2.45) is 0 Å². The Balaban J connectivity index is 1.99. The third kappa shape index (κ3) is 4.37. The zero-order valence-electron chi connectivity index (χ0n) is 8.52. The maximum atomic E-state index is 9.57. The van der Waals surface area contributed by atoms with E-state index in [4.69, 9.17) is 14.6 Å². The Kier molecular flexibility index (Phi) is 6.10. The predicted octanol–water partition coefficient (Wildman–Crippen LogP) is 0.315. The van der Waals surface area contributed by atoms with Gasteiger partial charge in [0, 0.05) is 0 Å². The number of aliphatic hydroxyl groups excluding tert-OH is 2. The van der Waals surface area contributed by atoms with Crippen LogP contribution in [0, 0.1) is 0 Å². The van der Waals surface area contributed by atoms with E-state index in [-0.39, 0.29) is 18.8 Å². The molecule has 4 nitrogen and oxygen atoms in total. The zero-order chi connectivity index (χ0) is 10.2. The van der Waals surface area contributed by atoms with E-state index in [1.807, 2.05) is 0 Å². The van der Waals surface area contributed by atoms with Crippen molar-refractivity contribution in [3.63, 3.8) is 0 Å². The van der Waals surface area contributed by atoms with E-state index in [2.05, 4.69) is 0 Å². The van der Waals surface area contributed by atoms with Gasteiger partial charge in [0.25, 0.3) is 0 Å². The fraction of sp³-hybridized carbons (Fsp3) is 1.00. The molecule has 0 aliphatic heterocycles. The van der Waals surface area contributed by atoms with E-state index >= 15 is 0 Å². The van der Waals surface area contributed by atoms with Crippen LogP contribution in [0.5, 0.6) is 0 Å². The maximum Gasteiger partial charge on any atom is 0.0835 e. The monoisotopic (exact) mass is 204 g/mol. The van der Waals surface area contributed by atoms with Gasteiger partial charge in [-0.25, -0.2) is 0 Å². The van der Waals surface area contributed by atoms with Gasteiger partial charge in [-0.05, 0) is 12.8 Å². The van der Waals surface area contributed by atoms with Crippen LogP contribution >= 0.6 is 0 Å². The van der Waals surface area contributed by atoms with Crippen LogP contribution in [0.4, 0.5) is 0 Å². The van der Waals surface area contributed by atoms with E-state index in [1.165, 1.54) is 0 Å². The Hall–Kier alpha value is -0.160. The van der Waals surface area contributed by atoms with Crippen molar-refractivity contribution in [1.29, 1.82) is 0 Å². The van der Waals surface area contributed by atoms with Crippen molar-refractivity contribution in [3.8, 4) is 0 Å². The standard InChI is InChI=1S/C10H20O4/c11-5-6-13-7-8-14-10-4-2-1-3-9(10)12/h9-12H,1-8H2. The lowest BCUT2D eigenvalue weighted by atomic mass is 9.95.